The minimum Gasteiger partial charge on any atom is -0.398 e. The fraction of sp³-hybridized carbons (Fsp3) is 0. The minimum absolute atomic E-state index is 0.341. The fourth-order valence-electron chi connectivity index (χ4n) is 1.37. The highest BCUT2D eigenvalue weighted by Crippen LogP contribution is 2.19. The lowest BCUT2D eigenvalue weighted by Gasteiger charge is -2.07. The van der Waals surface area contributed by atoms with Gasteiger partial charge in [-0.05, 0) is 30.3 Å². The minimum atomic E-state index is -0.602. The molecular weight excluding hydrogens is 301 g/mol. The predicted molar refractivity (Wildman–Crippen MR) is 70.7 cm³/mol. The Labute approximate surface area is 111 Å². The quantitative estimate of drug-likeness (QED) is 0.662. The number of hydrogen-bond donors (Lipinski definition) is 2. The molecule has 0 aliphatic heterocycles. The average molecular weight is 310 g/mol. The summed E-state index contributed by atoms with van der Waals surface area (Å²) < 4.78 is 13.4. The van der Waals surface area contributed by atoms with Crippen LogP contribution in [0.3, 0.4) is 0 Å². The van der Waals surface area contributed by atoms with Gasteiger partial charge in [0.1, 0.15) is 0 Å². The molecule has 3 N–H and O–H groups in total. The van der Waals surface area contributed by atoms with E-state index in [1.165, 1.54) is 18.3 Å². The van der Waals surface area contributed by atoms with Crippen LogP contribution in [0.1, 0.15) is 10.4 Å². The molecule has 1 aromatic carbocycles. The molecule has 18 heavy (non-hydrogen) atoms. The molecule has 0 unspecified atom stereocenters. The summed E-state index contributed by atoms with van der Waals surface area (Å²) in [5.74, 6) is -0.975. The molecule has 2 rings (SSSR count). The Bertz CT molecular complexity index is 586. The third-order valence-corrected chi connectivity index (χ3v) is 2.74. The maximum Gasteiger partial charge on any atom is 0.257 e. The molecule has 0 aliphatic rings. The van der Waals surface area contributed by atoms with Crippen molar-refractivity contribution in [3.8, 4) is 0 Å². The lowest BCUT2D eigenvalue weighted by Crippen LogP contribution is -2.14. The fourth-order valence-corrected chi connectivity index (χ4v) is 1.73. The number of hydrogen-bond acceptors (Lipinski definition) is 3. The molecule has 1 amide bonds. The maximum absolute atomic E-state index is 12.6. The van der Waals surface area contributed by atoms with Gasteiger partial charge in [-0.25, -0.2) is 4.98 Å². The van der Waals surface area contributed by atoms with Crippen LogP contribution < -0.4 is 11.1 Å². The van der Waals surface area contributed by atoms with E-state index >= 15 is 0 Å². The van der Waals surface area contributed by atoms with Gasteiger partial charge in [-0.3, -0.25) is 4.79 Å². The van der Waals surface area contributed by atoms with Crippen LogP contribution in [0.15, 0.2) is 41.0 Å². The molecule has 2 aromatic rings. The topological polar surface area (TPSA) is 68.0 Å². The Balaban J connectivity index is 2.21. The van der Waals surface area contributed by atoms with Gasteiger partial charge in [0.2, 0.25) is 5.95 Å². The molecular formula is C12H9BrFN3O. The van der Waals surface area contributed by atoms with E-state index in [0.29, 0.717) is 16.9 Å². The van der Waals surface area contributed by atoms with Crippen LogP contribution in [0.4, 0.5) is 15.8 Å². The van der Waals surface area contributed by atoms with Gasteiger partial charge in [0, 0.05) is 10.2 Å². The molecule has 0 saturated heterocycles. The van der Waals surface area contributed by atoms with Crippen LogP contribution in [0, 0.1) is 5.95 Å². The normalized spacial score (nSPS) is 10.1. The van der Waals surface area contributed by atoms with E-state index in [9.17, 15) is 9.18 Å². The zero-order chi connectivity index (χ0) is 13.1. The Hall–Kier alpha value is -1.95. The number of rotatable bonds is 2. The number of nitrogens with zero attached hydrogens (tertiary/aromatic N) is 1. The van der Waals surface area contributed by atoms with Crippen LogP contribution in [-0.4, -0.2) is 10.9 Å². The zero-order valence-corrected chi connectivity index (χ0v) is 10.7. The molecule has 6 heteroatoms. The van der Waals surface area contributed by atoms with E-state index in [4.69, 9.17) is 5.73 Å². The van der Waals surface area contributed by atoms with Gasteiger partial charge < -0.3 is 11.1 Å². The van der Waals surface area contributed by atoms with Gasteiger partial charge in [0.25, 0.3) is 5.91 Å². The summed E-state index contributed by atoms with van der Waals surface area (Å²) in [7, 11) is 0. The predicted octanol–water partition coefficient (Wildman–Crippen LogP) is 2.82. The SMILES string of the molecule is Nc1ccc(Br)cc1C(=O)Nc1ccc(F)nc1. The molecule has 92 valence electrons. The monoisotopic (exact) mass is 309 g/mol. The number of carbonyl (C=O) groups is 1. The van der Waals surface area contributed by atoms with Crippen molar-refractivity contribution < 1.29 is 9.18 Å². The Morgan fingerprint density at radius 2 is 2.11 bits per heavy atom. The third-order valence-electron chi connectivity index (χ3n) is 2.25. The molecule has 0 bridgehead atoms. The molecule has 1 aromatic heterocycles. The van der Waals surface area contributed by atoms with Crippen LogP contribution in [0.25, 0.3) is 0 Å². The van der Waals surface area contributed by atoms with E-state index in [1.807, 2.05) is 0 Å². The average Bonchev–Trinajstić information content (AvgIpc) is 2.35. The number of pyridine rings is 1. The maximum atomic E-state index is 12.6. The van der Waals surface area contributed by atoms with Crippen molar-refractivity contribution in [1.29, 1.82) is 0 Å². The Morgan fingerprint density at radius 1 is 1.33 bits per heavy atom. The van der Waals surface area contributed by atoms with Crippen molar-refractivity contribution in [3.05, 3.63) is 52.5 Å². The largest absolute Gasteiger partial charge is 0.398 e. The van der Waals surface area contributed by atoms with Gasteiger partial charge >= 0.3 is 0 Å². The highest BCUT2D eigenvalue weighted by atomic mass is 79.9. The third kappa shape index (κ3) is 2.84. The van der Waals surface area contributed by atoms with Crippen molar-refractivity contribution in [2.24, 2.45) is 0 Å². The summed E-state index contributed by atoms with van der Waals surface area (Å²) in [4.78, 5) is 15.4. The van der Waals surface area contributed by atoms with E-state index in [1.54, 1.807) is 18.2 Å². The second kappa shape index (κ2) is 5.14. The summed E-state index contributed by atoms with van der Waals surface area (Å²) in [6.45, 7) is 0. The second-order valence-electron chi connectivity index (χ2n) is 3.56. The molecule has 0 radical (unpaired) electrons. The van der Waals surface area contributed by atoms with E-state index in [2.05, 4.69) is 26.2 Å². The number of nitrogens with one attached hydrogen (secondary N) is 1. The first-order valence-corrected chi connectivity index (χ1v) is 5.83. The summed E-state index contributed by atoms with van der Waals surface area (Å²) >= 11 is 3.26. The lowest BCUT2D eigenvalue weighted by atomic mass is 10.1. The number of aromatic nitrogens is 1. The number of halogens is 2. The second-order valence-corrected chi connectivity index (χ2v) is 4.47. The van der Waals surface area contributed by atoms with E-state index in [-0.39, 0.29) is 5.91 Å². The number of nitrogen functional groups attached to an aromatic ring is 1. The highest BCUT2D eigenvalue weighted by molar-refractivity contribution is 9.10. The van der Waals surface area contributed by atoms with Crippen LogP contribution in [-0.2, 0) is 0 Å². The summed E-state index contributed by atoms with van der Waals surface area (Å²) in [6.07, 6.45) is 1.24. The molecule has 0 fully saturated rings. The van der Waals surface area contributed by atoms with Crippen molar-refractivity contribution >= 4 is 33.2 Å². The van der Waals surface area contributed by atoms with Crippen LogP contribution >= 0.6 is 15.9 Å². The van der Waals surface area contributed by atoms with Crippen molar-refractivity contribution in [2.45, 2.75) is 0 Å². The molecule has 1 heterocycles. The van der Waals surface area contributed by atoms with Gasteiger partial charge in [0.15, 0.2) is 0 Å². The van der Waals surface area contributed by atoms with E-state index in [0.717, 1.165) is 4.47 Å². The van der Waals surface area contributed by atoms with Crippen molar-refractivity contribution in [3.63, 3.8) is 0 Å². The van der Waals surface area contributed by atoms with Gasteiger partial charge in [-0.1, -0.05) is 15.9 Å². The summed E-state index contributed by atoms with van der Waals surface area (Å²) in [6, 6.07) is 7.57. The first-order valence-electron chi connectivity index (χ1n) is 5.04. The van der Waals surface area contributed by atoms with Crippen LogP contribution in [0.2, 0.25) is 0 Å². The number of carbonyl (C=O) groups excluding carboxylic acids is 1. The smallest absolute Gasteiger partial charge is 0.257 e. The van der Waals surface area contributed by atoms with Gasteiger partial charge in [0.05, 0.1) is 17.4 Å². The van der Waals surface area contributed by atoms with Crippen LogP contribution in [0.5, 0.6) is 0 Å². The Morgan fingerprint density at radius 3 is 2.78 bits per heavy atom. The molecule has 4 nitrogen and oxygen atoms in total. The standard InChI is InChI=1S/C12H9BrFN3O/c13-7-1-3-10(15)9(5-7)12(18)17-8-2-4-11(14)16-6-8/h1-6H,15H2,(H,17,18). The van der Waals surface area contributed by atoms with Crippen molar-refractivity contribution in [1.82, 2.24) is 4.98 Å². The highest BCUT2D eigenvalue weighted by Gasteiger charge is 2.10. The number of amides is 1. The van der Waals surface area contributed by atoms with Gasteiger partial charge in [-0.2, -0.15) is 4.39 Å². The molecule has 0 atom stereocenters. The summed E-state index contributed by atoms with van der Waals surface area (Å²) in [5.41, 5.74) is 6.82. The Kier molecular flexibility index (Phi) is 3.57. The number of nitrogens with two attached hydrogens (primary N) is 1. The van der Waals surface area contributed by atoms with Gasteiger partial charge in [-0.15, -0.1) is 0 Å². The van der Waals surface area contributed by atoms with Crippen molar-refractivity contribution in [2.75, 3.05) is 11.1 Å². The number of benzene rings is 1. The first-order chi connectivity index (χ1) is 8.56. The zero-order valence-electron chi connectivity index (χ0n) is 9.15. The molecule has 0 saturated carbocycles. The van der Waals surface area contributed by atoms with E-state index < -0.39 is 5.95 Å². The number of anilines is 2. The summed E-state index contributed by atoms with van der Waals surface area (Å²) in [5, 5.41) is 2.58. The molecule has 0 spiro atoms. The lowest BCUT2D eigenvalue weighted by molar-refractivity contribution is 0.102. The first kappa shape index (κ1) is 12.5. The molecule has 0 aliphatic carbocycles.